The van der Waals surface area contributed by atoms with E-state index in [4.69, 9.17) is 0 Å². The Morgan fingerprint density at radius 2 is 1.83 bits per heavy atom. The minimum Gasteiger partial charge on any atom is -0.354 e. The van der Waals surface area contributed by atoms with Gasteiger partial charge in [0.1, 0.15) is 0 Å². The van der Waals surface area contributed by atoms with Crippen LogP contribution in [-0.2, 0) is 21.1 Å². The van der Waals surface area contributed by atoms with Gasteiger partial charge in [-0.2, -0.15) is 0 Å². The number of urea groups is 1. The first kappa shape index (κ1) is 18.3. The van der Waals surface area contributed by atoms with Gasteiger partial charge in [-0.3, -0.25) is 4.79 Å². The summed E-state index contributed by atoms with van der Waals surface area (Å²) in [6, 6.07) is 9.34. The molecule has 3 N–H and O–H groups in total. The Hall–Kier alpha value is -2.09. The van der Waals surface area contributed by atoms with Gasteiger partial charge in [0.25, 0.3) is 0 Å². The van der Waals surface area contributed by atoms with Gasteiger partial charge in [0.2, 0.25) is 5.91 Å². The molecule has 3 amide bonds. The van der Waals surface area contributed by atoms with Gasteiger partial charge >= 0.3 is 6.03 Å². The van der Waals surface area contributed by atoms with Crippen molar-refractivity contribution in [2.75, 3.05) is 31.1 Å². The van der Waals surface area contributed by atoms with E-state index in [1.54, 1.807) is 0 Å². The second-order valence-corrected chi connectivity index (χ2v) is 8.15. The van der Waals surface area contributed by atoms with Crippen molar-refractivity contribution in [3.8, 4) is 0 Å². The lowest BCUT2D eigenvalue weighted by Crippen LogP contribution is -2.43. The zero-order valence-electron chi connectivity index (χ0n) is 13.5. The lowest BCUT2D eigenvalue weighted by Gasteiger charge is -2.11. The van der Waals surface area contributed by atoms with Crippen LogP contribution in [0.2, 0.25) is 0 Å². The van der Waals surface area contributed by atoms with Crippen molar-refractivity contribution >= 4 is 21.8 Å². The Bertz CT molecular complexity index is 661. The molecule has 24 heavy (non-hydrogen) atoms. The van der Waals surface area contributed by atoms with Gasteiger partial charge in [-0.15, -0.1) is 0 Å². The summed E-state index contributed by atoms with van der Waals surface area (Å²) >= 11 is 0. The number of sulfone groups is 1. The first-order valence-electron chi connectivity index (χ1n) is 7.97. The van der Waals surface area contributed by atoms with Crippen molar-refractivity contribution < 1.29 is 18.0 Å². The molecule has 132 valence electrons. The summed E-state index contributed by atoms with van der Waals surface area (Å²) in [6.07, 6.45) is 1.30. The fourth-order valence-electron chi connectivity index (χ4n) is 2.55. The molecule has 1 aliphatic rings. The van der Waals surface area contributed by atoms with Crippen LogP contribution in [0, 0.1) is 5.92 Å². The van der Waals surface area contributed by atoms with Crippen LogP contribution in [0.15, 0.2) is 30.3 Å². The van der Waals surface area contributed by atoms with Crippen LogP contribution in [-0.4, -0.2) is 51.5 Å². The molecule has 2 rings (SSSR count). The minimum absolute atomic E-state index is 0.0413. The highest BCUT2D eigenvalue weighted by Gasteiger charge is 2.27. The molecule has 1 aromatic carbocycles. The van der Waals surface area contributed by atoms with Crippen LogP contribution in [0.25, 0.3) is 0 Å². The number of amides is 3. The molecule has 7 nitrogen and oxygen atoms in total. The number of carbonyl (C=O) groups excluding carboxylic acids is 2. The normalized spacial score (nSPS) is 18.8. The van der Waals surface area contributed by atoms with Crippen LogP contribution in [0.3, 0.4) is 0 Å². The number of benzene rings is 1. The van der Waals surface area contributed by atoms with E-state index in [2.05, 4.69) is 16.0 Å². The van der Waals surface area contributed by atoms with Gasteiger partial charge in [-0.1, -0.05) is 30.3 Å². The fraction of sp³-hybridized carbons (Fsp3) is 0.500. The van der Waals surface area contributed by atoms with Crippen molar-refractivity contribution in [2.45, 2.75) is 12.8 Å². The topological polar surface area (TPSA) is 104 Å². The van der Waals surface area contributed by atoms with Crippen molar-refractivity contribution in [1.82, 2.24) is 16.0 Å². The number of carbonyl (C=O) groups is 2. The predicted molar refractivity (Wildman–Crippen MR) is 91.3 cm³/mol. The first-order valence-corrected chi connectivity index (χ1v) is 9.79. The summed E-state index contributed by atoms with van der Waals surface area (Å²) in [6.45, 7) is 0.705. The summed E-state index contributed by atoms with van der Waals surface area (Å²) in [5.74, 6) is 0.00266. The zero-order chi connectivity index (χ0) is 17.4. The molecule has 1 heterocycles. The second-order valence-electron chi connectivity index (χ2n) is 5.92. The average Bonchev–Trinajstić information content (AvgIpc) is 2.91. The van der Waals surface area contributed by atoms with Crippen LogP contribution in [0.5, 0.6) is 0 Å². The van der Waals surface area contributed by atoms with Crippen LogP contribution < -0.4 is 16.0 Å². The monoisotopic (exact) mass is 353 g/mol. The van der Waals surface area contributed by atoms with Gasteiger partial charge in [-0.25, -0.2) is 13.2 Å². The molecule has 1 saturated heterocycles. The zero-order valence-corrected chi connectivity index (χ0v) is 14.3. The summed E-state index contributed by atoms with van der Waals surface area (Å²) < 4.78 is 22.6. The van der Waals surface area contributed by atoms with Crippen molar-refractivity contribution in [2.24, 2.45) is 5.92 Å². The summed E-state index contributed by atoms with van der Waals surface area (Å²) in [4.78, 5) is 23.3. The maximum Gasteiger partial charge on any atom is 0.315 e. The Kier molecular flexibility index (Phi) is 6.60. The maximum absolute atomic E-state index is 11.7. The molecule has 0 aromatic heterocycles. The Morgan fingerprint density at radius 3 is 2.50 bits per heavy atom. The summed E-state index contributed by atoms with van der Waals surface area (Å²) in [7, 11) is -2.94. The summed E-state index contributed by atoms with van der Waals surface area (Å²) in [5, 5.41) is 7.80. The number of hydrogen-bond donors (Lipinski definition) is 3. The molecule has 1 fully saturated rings. The molecule has 1 atom stereocenters. The molecular formula is C16H23N3O4S. The van der Waals surface area contributed by atoms with Crippen LogP contribution in [0.4, 0.5) is 4.79 Å². The molecule has 1 aromatic rings. The largest absolute Gasteiger partial charge is 0.354 e. The molecule has 0 bridgehead atoms. The molecular weight excluding hydrogens is 330 g/mol. The number of hydrogen-bond acceptors (Lipinski definition) is 4. The lowest BCUT2D eigenvalue weighted by atomic mass is 10.1. The standard InChI is InChI=1S/C16H23N3O4S/c20-15(17-8-6-13-4-2-1-3-5-13)11-19-16(21)18-10-14-7-9-24(22,23)12-14/h1-5,14H,6-12H2,(H,17,20)(H2,18,19,21). The van der Waals surface area contributed by atoms with E-state index in [1.165, 1.54) is 0 Å². The van der Waals surface area contributed by atoms with Gasteiger partial charge in [0, 0.05) is 13.1 Å². The van der Waals surface area contributed by atoms with E-state index in [0.29, 0.717) is 19.5 Å². The maximum atomic E-state index is 11.7. The Labute approximate surface area is 142 Å². The average molecular weight is 353 g/mol. The highest BCUT2D eigenvalue weighted by atomic mass is 32.2. The third-order valence-electron chi connectivity index (χ3n) is 3.87. The van der Waals surface area contributed by atoms with E-state index in [9.17, 15) is 18.0 Å². The molecule has 8 heteroatoms. The lowest BCUT2D eigenvalue weighted by molar-refractivity contribution is -0.120. The SMILES string of the molecule is O=C(CNC(=O)NCC1CCS(=O)(=O)C1)NCCc1ccccc1. The third kappa shape index (κ3) is 6.57. The number of rotatable bonds is 7. The van der Waals surface area contributed by atoms with Crippen molar-refractivity contribution in [3.63, 3.8) is 0 Å². The fourth-order valence-corrected chi connectivity index (χ4v) is 4.41. The van der Waals surface area contributed by atoms with Gasteiger partial charge < -0.3 is 16.0 Å². The molecule has 0 aliphatic carbocycles. The smallest absolute Gasteiger partial charge is 0.315 e. The first-order chi connectivity index (χ1) is 11.4. The minimum atomic E-state index is -2.94. The molecule has 0 saturated carbocycles. The molecule has 1 aliphatic heterocycles. The van der Waals surface area contributed by atoms with E-state index < -0.39 is 15.9 Å². The summed E-state index contributed by atoms with van der Waals surface area (Å²) in [5.41, 5.74) is 1.13. The third-order valence-corrected chi connectivity index (χ3v) is 5.70. The molecule has 0 radical (unpaired) electrons. The van der Waals surface area contributed by atoms with E-state index in [-0.39, 0.29) is 29.9 Å². The van der Waals surface area contributed by atoms with Gasteiger partial charge in [0.05, 0.1) is 18.1 Å². The van der Waals surface area contributed by atoms with Gasteiger partial charge in [0.15, 0.2) is 9.84 Å². The van der Waals surface area contributed by atoms with E-state index in [0.717, 1.165) is 12.0 Å². The number of nitrogens with one attached hydrogen (secondary N) is 3. The van der Waals surface area contributed by atoms with E-state index >= 15 is 0 Å². The van der Waals surface area contributed by atoms with Gasteiger partial charge in [-0.05, 0) is 24.3 Å². The predicted octanol–water partition coefficient (Wildman–Crippen LogP) is 0.0792. The van der Waals surface area contributed by atoms with Crippen molar-refractivity contribution in [1.29, 1.82) is 0 Å². The highest BCUT2D eigenvalue weighted by molar-refractivity contribution is 7.91. The Morgan fingerprint density at radius 1 is 1.08 bits per heavy atom. The van der Waals surface area contributed by atoms with Crippen LogP contribution >= 0.6 is 0 Å². The quantitative estimate of drug-likeness (QED) is 0.646. The molecule has 0 spiro atoms. The van der Waals surface area contributed by atoms with E-state index in [1.807, 2.05) is 30.3 Å². The van der Waals surface area contributed by atoms with Crippen LogP contribution in [0.1, 0.15) is 12.0 Å². The Balaban J connectivity index is 1.55. The molecule has 1 unspecified atom stereocenters. The van der Waals surface area contributed by atoms with Crippen molar-refractivity contribution in [3.05, 3.63) is 35.9 Å². The second kappa shape index (κ2) is 8.68. The highest BCUT2D eigenvalue weighted by Crippen LogP contribution is 2.17.